The van der Waals surface area contributed by atoms with Crippen molar-refractivity contribution in [3.63, 3.8) is 0 Å². The Morgan fingerprint density at radius 2 is 1.06 bits per heavy atom. The first-order chi connectivity index (χ1) is 8.10. The molecular formula is C18H38. The molecule has 0 rings (SSSR count). The van der Waals surface area contributed by atoms with Gasteiger partial charge in [-0.2, -0.15) is 0 Å². The van der Waals surface area contributed by atoms with E-state index in [-0.39, 0.29) is 0 Å². The molecule has 0 aliphatic carbocycles. The van der Waals surface area contributed by atoms with Gasteiger partial charge in [-0.25, -0.2) is 0 Å². The lowest BCUT2D eigenvalue weighted by molar-refractivity contribution is 0.0864. The van der Waals surface area contributed by atoms with Crippen LogP contribution in [0.15, 0.2) is 0 Å². The van der Waals surface area contributed by atoms with Gasteiger partial charge in [0.05, 0.1) is 0 Å². The fourth-order valence-electron chi connectivity index (χ4n) is 4.15. The highest BCUT2D eigenvalue weighted by Gasteiger charge is 2.35. The van der Waals surface area contributed by atoms with Crippen LogP contribution in [0.3, 0.4) is 0 Å². The maximum Gasteiger partial charge on any atom is -0.0316 e. The van der Waals surface area contributed by atoms with Crippen LogP contribution in [0.4, 0.5) is 0 Å². The van der Waals surface area contributed by atoms with Gasteiger partial charge in [0.25, 0.3) is 0 Å². The van der Waals surface area contributed by atoms with E-state index in [1.54, 1.807) is 0 Å². The highest BCUT2D eigenvalue weighted by Crippen LogP contribution is 2.47. The second kappa shape index (κ2) is 6.96. The summed E-state index contributed by atoms with van der Waals surface area (Å²) in [6, 6.07) is 0. The van der Waals surface area contributed by atoms with E-state index < -0.39 is 0 Å². The monoisotopic (exact) mass is 254 g/mol. The molecule has 0 aromatic carbocycles. The van der Waals surface area contributed by atoms with Crippen molar-refractivity contribution in [3.05, 3.63) is 0 Å². The maximum absolute atomic E-state index is 2.53. The molecular weight excluding hydrogens is 216 g/mol. The van der Waals surface area contributed by atoms with Crippen molar-refractivity contribution >= 4 is 0 Å². The molecule has 18 heavy (non-hydrogen) atoms. The molecule has 0 heterocycles. The third-order valence-electron chi connectivity index (χ3n) is 4.37. The van der Waals surface area contributed by atoms with E-state index in [1.807, 2.05) is 0 Å². The van der Waals surface area contributed by atoms with Crippen LogP contribution in [0.25, 0.3) is 0 Å². The van der Waals surface area contributed by atoms with Gasteiger partial charge in [-0.1, -0.05) is 74.7 Å². The zero-order chi connectivity index (χ0) is 14.4. The summed E-state index contributed by atoms with van der Waals surface area (Å²) in [4.78, 5) is 0. The minimum Gasteiger partial charge on any atom is -0.0654 e. The van der Waals surface area contributed by atoms with E-state index in [9.17, 15) is 0 Å². The summed E-state index contributed by atoms with van der Waals surface area (Å²) in [5.74, 6) is 0. The molecule has 0 unspecified atom stereocenters. The lowest BCUT2D eigenvalue weighted by atomic mass is 9.63. The predicted molar refractivity (Wildman–Crippen MR) is 85.0 cm³/mol. The maximum atomic E-state index is 2.53. The molecule has 110 valence electrons. The van der Waals surface area contributed by atoms with Gasteiger partial charge in [0.1, 0.15) is 0 Å². The van der Waals surface area contributed by atoms with Crippen LogP contribution in [-0.4, -0.2) is 0 Å². The van der Waals surface area contributed by atoms with Crippen LogP contribution in [0, 0.1) is 16.2 Å². The largest absolute Gasteiger partial charge is 0.0654 e. The number of hydrogen-bond acceptors (Lipinski definition) is 0. The smallest absolute Gasteiger partial charge is 0.0316 e. The number of hydrogen-bond donors (Lipinski definition) is 0. The molecule has 0 aromatic heterocycles. The predicted octanol–water partition coefficient (Wildman–Crippen LogP) is 6.84. The van der Waals surface area contributed by atoms with Crippen molar-refractivity contribution in [1.82, 2.24) is 0 Å². The third kappa shape index (κ3) is 6.81. The molecule has 0 nitrogen and oxygen atoms in total. The second-order valence-electron chi connectivity index (χ2n) is 8.39. The highest BCUT2D eigenvalue weighted by atomic mass is 14.4. The summed E-state index contributed by atoms with van der Waals surface area (Å²) < 4.78 is 0. The van der Waals surface area contributed by atoms with Crippen LogP contribution < -0.4 is 0 Å². The summed E-state index contributed by atoms with van der Waals surface area (Å²) in [6.07, 6.45) is 9.48. The molecule has 0 N–H and O–H groups in total. The summed E-state index contributed by atoms with van der Waals surface area (Å²) in [6.45, 7) is 19.3. The van der Waals surface area contributed by atoms with Gasteiger partial charge in [0, 0.05) is 0 Å². The average Bonchev–Trinajstić information content (AvgIpc) is 2.14. The van der Waals surface area contributed by atoms with E-state index in [0.29, 0.717) is 16.2 Å². The SMILES string of the molecule is CCC[C@](C)(CC)C[C@@](C)(CCC)CC(C)(C)C. The standard InChI is InChI=1S/C18H38/c1-9-12-17(7,11-3)15-18(8,13-10-2)14-16(4,5)6/h9-15H2,1-8H3/t17-,18-/m0/s1. The van der Waals surface area contributed by atoms with E-state index in [1.165, 1.54) is 44.9 Å². The van der Waals surface area contributed by atoms with Crippen molar-refractivity contribution < 1.29 is 0 Å². The van der Waals surface area contributed by atoms with Crippen LogP contribution in [0.1, 0.15) is 100 Å². The van der Waals surface area contributed by atoms with Gasteiger partial charge in [-0.3, -0.25) is 0 Å². The van der Waals surface area contributed by atoms with Crippen LogP contribution in [0.5, 0.6) is 0 Å². The first-order valence-corrected chi connectivity index (χ1v) is 8.10. The summed E-state index contributed by atoms with van der Waals surface area (Å²) in [5, 5.41) is 0. The van der Waals surface area contributed by atoms with Crippen molar-refractivity contribution in [3.8, 4) is 0 Å². The fraction of sp³-hybridized carbons (Fsp3) is 1.00. The molecule has 2 atom stereocenters. The molecule has 0 spiro atoms. The Balaban J connectivity index is 4.87. The van der Waals surface area contributed by atoms with E-state index >= 15 is 0 Å². The Morgan fingerprint density at radius 1 is 0.611 bits per heavy atom. The molecule has 0 fully saturated rings. The van der Waals surface area contributed by atoms with Gasteiger partial charge >= 0.3 is 0 Å². The van der Waals surface area contributed by atoms with Gasteiger partial charge < -0.3 is 0 Å². The molecule has 0 aliphatic rings. The Morgan fingerprint density at radius 3 is 1.39 bits per heavy atom. The third-order valence-corrected chi connectivity index (χ3v) is 4.37. The molecule has 0 bridgehead atoms. The lowest BCUT2D eigenvalue weighted by Crippen LogP contribution is -2.31. The van der Waals surface area contributed by atoms with E-state index in [4.69, 9.17) is 0 Å². The minimum absolute atomic E-state index is 0.449. The van der Waals surface area contributed by atoms with E-state index in [0.717, 1.165) is 0 Å². The van der Waals surface area contributed by atoms with Crippen LogP contribution >= 0.6 is 0 Å². The fourth-order valence-corrected chi connectivity index (χ4v) is 4.15. The van der Waals surface area contributed by atoms with Crippen molar-refractivity contribution in [2.75, 3.05) is 0 Å². The van der Waals surface area contributed by atoms with E-state index in [2.05, 4.69) is 55.4 Å². The van der Waals surface area contributed by atoms with Gasteiger partial charge in [0.15, 0.2) is 0 Å². The van der Waals surface area contributed by atoms with Gasteiger partial charge in [0.2, 0.25) is 0 Å². The van der Waals surface area contributed by atoms with Crippen molar-refractivity contribution in [1.29, 1.82) is 0 Å². The molecule has 0 aromatic rings. The molecule has 0 amide bonds. The zero-order valence-electron chi connectivity index (χ0n) is 14.4. The van der Waals surface area contributed by atoms with Crippen LogP contribution in [-0.2, 0) is 0 Å². The Bertz CT molecular complexity index is 223. The average molecular weight is 255 g/mol. The molecule has 0 aliphatic heterocycles. The first-order valence-electron chi connectivity index (χ1n) is 8.10. The quantitative estimate of drug-likeness (QED) is 0.445. The Labute approximate surface area is 117 Å². The minimum atomic E-state index is 0.449. The molecule has 0 radical (unpaired) electrons. The van der Waals surface area contributed by atoms with Gasteiger partial charge in [-0.05, 0) is 41.9 Å². The summed E-state index contributed by atoms with van der Waals surface area (Å²) in [5.41, 5.74) is 1.52. The zero-order valence-corrected chi connectivity index (χ0v) is 14.4. The molecule has 0 heteroatoms. The van der Waals surface area contributed by atoms with Crippen molar-refractivity contribution in [2.45, 2.75) is 100 Å². The summed E-state index contributed by atoms with van der Waals surface area (Å²) >= 11 is 0. The molecule has 0 saturated carbocycles. The second-order valence-corrected chi connectivity index (χ2v) is 8.39. The Hall–Kier alpha value is 0. The summed E-state index contributed by atoms with van der Waals surface area (Å²) in [7, 11) is 0. The lowest BCUT2D eigenvalue weighted by Gasteiger charge is -2.43. The topological polar surface area (TPSA) is 0 Å². The number of rotatable bonds is 8. The normalized spacial score (nSPS) is 19.3. The van der Waals surface area contributed by atoms with Gasteiger partial charge in [-0.15, -0.1) is 0 Å². The molecule has 0 saturated heterocycles. The first kappa shape index (κ1) is 18.0. The van der Waals surface area contributed by atoms with Crippen LogP contribution in [0.2, 0.25) is 0 Å². The highest BCUT2D eigenvalue weighted by molar-refractivity contribution is 4.87. The Kier molecular flexibility index (Phi) is 6.96. The van der Waals surface area contributed by atoms with Crippen molar-refractivity contribution in [2.24, 2.45) is 16.2 Å².